The van der Waals surface area contributed by atoms with E-state index in [9.17, 15) is 4.79 Å². The smallest absolute Gasteiger partial charge is 0.287 e. The minimum atomic E-state index is -0.244. The predicted molar refractivity (Wildman–Crippen MR) is 106 cm³/mol. The average Bonchev–Trinajstić information content (AvgIpc) is 3.31. The van der Waals surface area contributed by atoms with Crippen LogP contribution in [-0.2, 0) is 19.5 Å². The fourth-order valence-electron chi connectivity index (χ4n) is 3.72. The van der Waals surface area contributed by atoms with Gasteiger partial charge in [-0.15, -0.1) is 0 Å². The summed E-state index contributed by atoms with van der Waals surface area (Å²) in [6, 6.07) is 12.4. The van der Waals surface area contributed by atoms with Crippen LogP contribution in [0.2, 0.25) is 0 Å². The van der Waals surface area contributed by atoms with Crippen LogP contribution in [0.5, 0.6) is 5.75 Å². The van der Waals surface area contributed by atoms with Gasteiger partial charge in [-0.25, -0.2) is 0 Å². The predicted octanol–water partition coefficient (Wildman–Crippen LogP) is 3.56. The van der Waals surface area contributed by atoms with Gasteiger partial charge < -0.3 is 19.4 Å². The third-order valence-electron chi connectivity index (χ3n) is 5.16. The Balaban J connectivity index is 1.48. The summed E-state index contributed by atoms with van der Waals surface area (Å²) in [6.07, 6.45) is 5.92. The second-order valence-corrected chi connectivity index (χ2v) is 6.95. The highest BCUT2D eigenvalue weighted by Crippen LogP contribution is 2.33. The van der Waals surface area contributed by atoms with Crippen molar-refractivity contribution in [1.29, 1.82) is 0 Å². The Hall–Kier alpha value is -3.28. The zero-order chi connectivity index (χ0) is 19.5. The molecule has 4 rings (SSSR count). The summed E-state index contributed by atoms with van der Waals surface area (Å²) in [5.41, 5.74) is 4.25. The maximum Gasteiger partial charge on any atom is 0.287 e. The molecule has 1 aromatic carbocycles. The van der Waals surface area contributed by atoms with Crippen molar-refractivity contribution >= 4 is 11.6 Å². The zero-order valence-electron chi connectivity index (χ0n) is 16.0. The lowest BCUT2D eigenvalue weighted by Gasteiger charge is -2.24. The summed E-state index contributed by atoms with van der Waals surface area (Å²) in [5.74, 6) is 0.794. The molecule has 6 nitrogen and oxygen atoms in total. The summed E-state index contributed by atoms with van der Waals surface area (Å²) < 4.78 is 10.8. The molecule has 0 radical (unpaired) electrons. The monoisotopic (exact) mass is 377 g/mol. The van der Waals surface area contributed by atoms with Gasteiger partial charge in [0.15, 0.2) is 5.76 Å². The largest absolute Gasteiger partial charge is 0.496 e. The van der Waals surface area contributed by atoms with Gasteiger partial charge in [-0.1, -0.05) is 18.2 Å². The molecular weight excluding hydrogens is 354 g/mol. The highest BCUT2D eigenvalue weighted by atomic mass is 16.5. The Morgan fingerprint density at radius 3 is 3.00 bits per heavy atom. The van der Waals surface area contributed by atoms with Gasteiger partial charge in [-0.05, 0) is 37.1 Å². The molecule has 2 aromatic heterocycles. The summed E-state index contributed by atoms with van der Waals surface area (Å²) in [4.78, 5) is 19.1. The quantitative estimate of drug-likeness (QED) is 0.711. The van der Waals surface area contributed by atoms with E-state index in [2.05, 4.69) is 40.3 Å². The number of nitrogens with zero attached hydrogens (tertiary/aromatic N) is 2. The first kappa shape index (κ1) is 18.1. The average molecular weight is 377 g/mol. The maximum absolute atomic E-state index is 12.7. The van der Waals surface area contributed by atoms with Gasteiger partial charge in [0.25, 0.3) is 5.91 Å². The van der Waals surface area contributed by atoms with E-state index in [4.69, 9.17) is 9.15 Å². The maximum atomic E-state index is 12.7. The molecule has 1 aliphatic rings. The summed E-state index contributed by atoms with van der Waals surface area (Å²) in [5, 5.41) is 2.90. The second kappa shape index (κ2) is 7.76. The molecule has 0 saturated heterocycles. The number of carbonyl (C=O) groups is 1. The summed E-state index contributed by atoms with van der Waals surface area (Å²) in [6.45, 7) is 3.15. The molecule has 28 heavy (non-hydrogen) atoms. The Morgan fingerprint density at radius 2 is 2.14 bits per heavy atom. The number of furan rings is 1. The van der Waals surface area contributed by atoms with Crippen LogP contribution in [0, 0.1) is 0 Å². The zero-order valence-corrected chi connectivity index (χ0v) is 16.0. The van der Waals surface area contributed by atoms with Gasteiger partial charge >= 0.3 is 0 Å². The van der Waals surface area contributed by atoms with Crippen molar-refractivity contribution in [2.45, 2.75) is 32.5 Å². The van der Waals surface area contributed by atoms with Crippen LogP contribution in [0.15, 0.2) is 59.5 Å². The van der Waals surface area contributed by atoms with E-state index in [0.29, 0.717) is 30.6 Å². The number of methoxy groups -OCH3 is 1. The molecule has 1 aliphatic heterocycles. The van der Waals surface area contributed by atoms with Gasteiger partial charge in [-0.3, -0.25) is 9.78 Å². The van der Waals surface area contributed by atoms with E-state index in [1.807, 2.05) is 12.1 Å². The van der Waals surface area contributed by atoms with Gasteiger partial charge in [-0.2, -0.15) is 0 Å². The topological polar surface area (TPSA) is 67.6 Å². The van der Waals surface area contributed by atoms with E-state index in [0.717, 1.165) is 17.5 Å². The lowest BCUT2D eigenvalue weighted by Crippen LogP contribution is -2.30. The SMILES string of the molecule is COc1ccncc1CNC(=O)c1occc1CN1c2ccccc2CC1C. The van der Waals surface area contributed by atoms with Crippen molar-refractivity contribution in [3.8, 4) is 5.75 Å². The first-order chi connectivity index (χ1) is 13.7. The van der Waals surface area contributed by atoms with Crippen molar-refractivity contribution in [2.75, 3.05) is 12.0 Å². The lowest BCUT2D eigenvalue weighted by atomic mass is 10.1. The van der Waals surface area contributed by atoms with Crippen molar-refractivity contribution in [1.82, 2.24) is 10.3 Å². The van der Waals surface area contributed by atoms with Gasteiger partial charge in [0.05, 0.1) is 13.4 Å². The number of ether oxygens (including phenoxy) is 1. The Labute approximate surface area is 164 Å². The molecule has 0 saturated carbocycles. The molecule has 1 unspecified atom stereocenters. The fraction of sp³-hybridized carbons (Fsp3) is 0.273. The van der Waals surface area contributed by atoms with Gasteiger partial charge in [0, 0.05) is 48.3 Å². The normalized spacial score (nSPS) is 15.4. The molecule has 1 atom stereocenters. The van der Waals surface area contributed by atoms with E-state index in [1.165, 1.54) is 11.3 Å². The molecular formula is C22H23N3O3. The molecule has 0 bridgehead atoms. The minimum Gasteiger partial charge on any atom is -0.496 e. The van der Waals surface area contributed by atoms with Crippen LogP contribution in [0.3, 0.4) is 0 Å². The number of pyridine rings is 1. The molecule has 0 spiro atoms. The molecule has 1 amide bonds. The van der Waals surface area contributed by atoms with Gasteiger partial charge in [0.1, 0.15) is 5.75 Å². The highest BCUT2D eigenvalue weighted by Gasteiger charge is 2.27. The van der Waals surface area contributed by atoms with E-state index >= 15 is 0 Å². The molecule has 6 heteroatoms. The Kier molecular flexibility index (Phi) is 5.02. The van der Waals surface area contributed by atoms with Crippen molar-refractivity contribution in [2.24, 2.45) is 0 Å². The molecule has 3 heterocycles. The molecule has 0 aliphatic carbocycles. The van der Waals surface area contributed by atoms with Crippen molar-refractivity contribution in [3.05, 3.63) is 77.5 Å². The number of para-hydroxylation sites is 1. The Bertz CT molecular complexity index is 982. The van der Waals surface area contributed by atoms with Crippen molar-refractivity contribution < 1.29 is 13.9 Å². The fourth-order valence-corrected chi connectivity index (χ4v) is 3.72. The number of nitrogens with one attached hydrogen (secondary N) is 1. The number of anilines is 1. The number of carbonyl (C=O) groups excluding carboxylic acids is 1. The second-order valence-electron chi connectivity index (χ2n) is 6.95. The number of aromatic nitrogens is 1. The first-order valence-electron chi connectivity index (χ1n) is 9.33. The first-order valence-corrected chi connectivity index (χ1v) is 9.33. The van der Waals surface area contributed by atoms with Crippen LogP contribution in [0.4, 0.5) is 5.69 Å². The highest BCUT2D eigenvalue weighted by molar-refractivity contribution is 5.93. The molecule has 144 valence electrons. The number of benzene rings is 1. The number of hydrogen-bond acceptors (Lipinski definition) is 5. The van der Waals surface area contributed by atoms with E-state index in [1.54, 1.807) is 31.8 Å². The number of hydrogen-bond donors (Lipinski definition) is 1. The number of amides is 1. The van der Waals surface area contributed by atoms with Crippen LogP contribution in [0.1, 0.15) is 34.2 Å². The van der Waals surface area contributed by atoms with Crippen LogP contribution in [0.25, 0.3) is 0 Å². The minimum absolute atomic E-state index is 0.244. The van der Waals surface area contributed by atoms with Crippen LogP contribution < -0.4 is 15.0 Å². The van der Waals surface area contributed by atoms with Gasteiger partial charge in [0.2, 0.25) is 0 Å². The molecule has 3 aromatic rings. The standard InChI is InChI=1S/C22H23N3O3/c1-15-11-16-5-3-4-6-19(16)25(15)14-17-8-10-28-21(17)22(26)24-13-18-12-23-9-7-20(18)27-2/h3-10,12,15H,11,13-14H2,1-2H3,(H,24,26). The summed E-state index contributed by atoms with van der Waals surface area (Å²) >= 11 is 0. The van der Waals surface area contributed by atoms with E-state index < -0.39 is 0 Å². The molecule has 1 N–H and O–H groups in total. The third-order valence-corrected chi connectivity index (χ3v) is 5.16. The van der Waals surface area contributed by atoms with Crippen LogP contribution >= 0.6 is 0 Å². The number of rotatable bonds is 6. The lowest BCUT2D eigenvalue weighted by molar-refractivity contribution is 0.0921. The van der Waals surface area contributed by atoms with E-state index in [-0.39, 0.29) is 5.91 Å². The summed E-state index contributed by atoms with van der Waals surface area (Å²) in [7, 11) is 1.60. The third kappa shape index (κ3) is 3.45. The van der Waals surface area contributed by atoms with Crippen molar-refractivity contribution in [3.63, 3.8) is 0 Å². The van der Waals surface area contributed by atoms with Crippen LogP contribution in [-0.4, -0.2) is 24.0 Å². The molecule has 0 fully saturated rings. The number of fused-ring (bicyclic) bond motifs is 1. The Morgan fingerprint density at radius 1 is 1.29 bits per heavy atom.